The normalized spacial score (nSPS) is 20.0. The van der Waals surface area contributed by atoms with E-state index in [1.165, 1.54) is 0 Å². The Kier molecular flexibility index (Phi) is 5.82. The third-order valence-corrected chi connectivity index (χ3v) is 4.01. The lowest BCUT2D eigenvalue weighted by Gasteiger charge is -2.35. The monoisotopic (exact) mass is 216 g/mol. The first-order valence-electron chi connectivity index (χ1n) is 6.11. The molecule has 0 rings (SSSR count). The molecule has 1 N–H and O–H groups in total. The fraction of sp³-hybridized carbons (Fsp3) is 1.00. The van der Waals surface area contributed by atoms with Gasteiger partial charge in [0, 0.05) is 7.11 Å². The Balaban J connectivity index is 4.34. The van der Waals surface area contributed by atoms with E-state index in [9.17, 15) is 5.11 Å². The van der Waals surface area contributed by atoms with Crippen molar-refractivity contribution in [3.63, 3.8) is 0 Å². The molecule has 0 fully saturated rings. The fourth-order valence-electron chi connectivity index (χ4n) is 1.78. The summed E-state index contributed by atoms with van der Waals surface area (Å²) in [4.78, 5) is 0. The third-order valence-electron chi connectivity index (χ3n) is 4.01. The molecule has 15 heavy (non-hydrogen) atoms. The summed E-state index contributed by atoms with van der Waals surface area (Å²) in [6, 6.07) is 0. The molecule has 92 valence electrons. The lowest BCUT2D eigenvalue weighted by molar-refractivity contribution is -0.0583. The van der Waals surface area contributed by atoms with Crippen LogP contribution in [0.4, 0.5) is 0 Å². The van der Waals surface area contributed by atoms with E-state index in [-0.39, 0.29) is 5.60 Å². The fourth-order valence-corrected chi connectivity index (χ4v) is 1.78. The summed E-state index contributed by atoms with van der Waals surface area (Å²) in [5, 5.41) is 10.4. The van der Waals surface area contributed by atoms with E-state index in [4.69, 9.17) is 4.74 Å². The highest BCUT2D eigenvalue weighted by Crippen LogP contribution is 2.31. The molecule has 2 unspecified atom stereocenters. The van der Waals surface area contributed by atoms with Gasteiger partial charge in [0.05, 0.1) is 11.2 Å². The quantitative estimate of drug-likeness (QED) is 0.707. The van der Waals surface area contributed by atoms with E-state index >= 15 is 0 Å². The zero-order chi connectivity index (χ0) is 12.1. The molecule has 0 saturated heterocycles. The van der Waals surface area contributed by atoms with Gasteiger partial charge >= 0.3 is 0 Å². The molecule has 0 radical (unpaired) electrons. The average molecular weight is 216 g/mol. The van der Waals surface area contributed by atoms with E-state index in [0.29, 0.717) is 5.92 Å². The highest BCUT2D eigenvalue weighted by atomic mass is 16.5. The minimum absolute atomic E-state index is 0.0853. The topological polar surface area (TPSA) is 29.5 Å². The van der Waals surface area contributed by atoms with Gasteiger partial charge in [0.2, 0.25) is 0 Å². The number of hydrogen-bond donors (Lipinski definition) is 1. The maximum Gasteiger partial charge on any atom is 0.0669 e. The van der Waals surface area contributed by atoms with Crippen LogP contribution in [0.25, 0.3) is 0 Å². The van der Waals surface area contributed by atoms with Crippen molar-refractivity contribution in [1.29, 1.82) is 0 Å². The van der Waals surface area contributed by atoms with E-state index in [2.05, 4.69) is 34.6 Å². The van der Waals surface area contributed by atoms with Crippen LogP contribution in [0.5, 0.6) is 0 Å². The summed E-state index contributed by atoms with van der Waals surface area (Å²) in [6.45, 7) is 10.5. The molecule has 0 aromatic heterocycles. The van der Waals surface area contributed by atoms with E-state index in [1.807, 2.05) is 0 Å². The highest BCUT2D eigenvalue weighted by Gasteiger charge is 2.32. The van der Waals surface area contributed by atoms with Crippen molar-refractivity contribution in [2.75, 3.05) is 7.11 Å². The van der Waals surface area contributed by atoms with Gasteiger partial charge in [-0.05, 0) is 38.5 Å². The van der Waals surface area contributed by atoms with Crippen molar-refractivity contribution in [2.45, 2.75) is 71.5 Å². The zero-order valence-corrected chi connectivity index (χ0v) is 11.3. The Morgan fingerprint density at radius 1 is 1.13 bits per heavy atom. The van der Waals surface area contributed by atoms with Crippen LogP contribution in [0, 0.1) is 5.92 Å². The lowest BCUT2D eigenvalue weighted by atomic mass is 9.80. The predicted octanol–water partition coefficient (Wildman–Crippen LogP) is 3.38. The summed E-state index contributed by atoms with van der Waals surface area (Å²) in [5.74, 6) is 0.306. The Morgan fingerprint density at radius 3 is 1.93 bits per heavy atom. The molecule has 0 amide bonds. The number of ether oxygens (including phenoxy) is 1. The molecule has 2 heteroatoms. The molecule has 0 aliphatic carbocycles. The standard InChI is InChI=1S/C13H28O2/c1-7-12(5,15-6)9-10-13(14,8-2)11(3)4/h11,14H,7-10H2,1-6H3. The molecule has 0 heterocycles. The van der Waals surface area contributed by atoms with E-state index in [0.717, 1.165) is 25.7 Å². The largest absolute Gasteiger partial charge is 0.390 e. The third kappa shape index (κ3) is 4.12. The minimum Gasteiger partial charge on any atom is -0.390 e. The van der Waals surface area contributed by atoms with Crippen LogP contribution in [-0.4, -0.2) is 23.4 Å². The first kappa shape index (κ1) is 14.9. The van der Waals surface area contributed by atoms with Gasteiger partial charge in [0.15, 0.2) is 0 Å². The Bertz CT molecular complexity index is 173. The summed E-state index contributed by atoms with van der Waals surface area (Å²) in [7, 11) is 1.75. The number of aliphatic hydroxyl groups is 1. The van der Waals surface area contributed by atoms with Gasteiger partial charge in [-0.15, -0.1) is 0 Å². The van der Waals surface area contributed by atoms with E-state index in [1.54, 1.807) is 7.11 Å². The first-order chi connectivity index (χ1) is 6.83. The minimum atomic E-state index is -0.533. The number of hydrogen-bond acceptors (Lipinski definition) is 2. The summed E-state index contributed by atoms with van der Waals surface area (Å²) in [6.07, 6.45) is 3.54. The second-order valence-electron chi connectivity index (χ2n) is 5.12. The van der Waals surface area contributed by atoms with Crippen molar-refractivity contribution in [3.05, 3.63) is 0 Å². The molecule has 0 aliphatic heterocycles. The summed E-state index contributed by atoms with van der Waals surface area (Å²) in [5.41, 5.74) is -0.618. The Hall–Kier alpha value is -0.0800. The van der Waals surface area contributed by atoms with Crippen molar-refractivity contribution in [1.82, 2.24) is 0 Å². The van der Waals surface area contributed by atoms with Crippen molar-refractivity contribution < 1.29 is 9.84 Å². The van der Waals surface area contributed by atoms with Gasteiger partial charge in [-0.3, -0.25) is 0 Å². The molecule has 0 aromatic carbocycles. The smallest absolute Gasteiger partial charge is 0.0669 e. The molecular formula is C13H28O2. The number of methoxy groups -OCH3 is 1. The van der Waals surface area contributed by atoms with Crippen LogP contribution < -0.4 is 0 Å². The molecule has 0 aliphatic rings. The molecule has 2 atom stereocenters. The molecule has 0 saturated carbocycles. The van der Waals surface area contributed by atoms with Crippen LogP contribution in [0.3, 0.4) is 0 Å². The average Bonchev–Trinajstić information content (AvgIpc) is 2.25. The Labute approximate surface area is 95.0 Å². The maximum absolute atomic E-state index is 10.4. The van der Waals surface area contributed by atoms with Gasteiger partial charge in [-0.2, -0.15) is 0 Å². The van der Waals surface area contributed by atoms with Crippen LogP contribution >= 0.6 is 0 Å². The van der Waals surface area contributed by atoms with Gasteiger partial charge in [-0.1, -0.05) is 27.7 Å². The van der Waals surface area contributed by atoms with E-state index < -0.39 is 5.60 Å². The molecule has 0 bridgehead atoms. The van der Waals surface area contributed by atoms with Gasteiger partial charge in [0.1, 0.15) is 0 Å². The second kappa shape index (κ2) is 5.86. The first-order valence-corrected chi connectivity index (χ1v) is 6.11. The number of rotatable bonds is 7. The predicted molar refractivity (Wildman–Crippen MR) is 65.0 cm³/mol. The van der Waals surface area contributed by atoms with Crippen molar-refractivity contribution in [3.8, 4) is 0 Å². The highest BCUT2D eigenvalue weighted by molar-refractivity contribution is 4.84. The second-order valence-corrected chi connectivity index (χ2v) is 5.12. The van der Waals surface area contributed by atoms with Crippen molar-refractivity contribution in [2.24, 2.45) is 5.92 Å². The Morgan fingerprint density at radius 2 is 1.67 bits per heavy atom. The summed E-state index contributed by atoms with van der Waals surface area (Å²) >= 11 is 0. The van der Waals surface area contributed by atoms with Gasteiger partial charge in [0.25, 0.3) is 0 Å². The molecular weight excluding hydrogens is 188 g/mol. The SMILES string of the molecule is CCC(C)(CCC(O)(CC)C(C)C)OC. The van der Waals surface area contributed by atoms with Crippen LogP contribution in [0.2, 0.25) is 0 Å². The summed E-state index contributed by atoms with van der Waals surface area (Å²) < 4.78 is 5.50. The van der Waals surface area contributed by atoms with Crippen LogP contribution in [0.15, 0.2) is 0 Å². The molecule has 0 aromatic rings. The zero-order valence-electron chi connectivity index (χ0n) is 11.3. The van der Waals surface area contributed by atoms with Crippen molar-refractivity contribution >= 4 is 0 Å². The molecule has 0 spiro atoms. The van der Waals surface area contributed by atoms with Crippen LogP contribution in [-0.2, 0) is 4.74 Å². The van der Waals surface area contributed by atoms with Gasteiger partial charge < -0.3 is 9.84 Å². The lowest BCUT2D eigenvalue weighted by Crippen LogP contribution is -2.38. The maximum atomic E-state index is 10.4. The molecule has 2 nitrogen and oxygen atoms in total. The van der Waals surface area contributed by atoms with Gasteiger partial charge in [-0.25, -0.2) is 0 Å². The van der Waals surface area contributed by atoms with Crippen LogP contribution in [0.1, 0.15) is 60.3 Å².